The second-order valence-corrected chi connectivity index (χ2v) is 7.33. The zero-order valence-electron chi connectivity index (χ0n) is 15.0. The summed E-state index contributed by atoms with van der Waals surface area (Å²) >= 11 is 12.7. The minimum atomic E-state index is -0.544. The van der Waals surface area contributed by atoms with Crippen LogP contribution in [0.15, 0.2) is 48.5 Å². The van der Waals surface area contributed by atoms with Crippen molar-refractivity contribution < 1.29 is 4.79 Å². The first kappa shape index (κ1) is 18.5. The summed E-state index contributed by atoms with van der Waals surface area (Å²) in [6.45, 7) is 0. The highest BCUT2D eigenvalue weighted by atomic mass is 35.5. The Morgan fingerprint density at radius 1 is 1.07 bits per heavy atom. The number of para-hydroxylation sites is 1. The minimum absolute atomic E-state index is 0.147. The maximum Gasteiger partial charge on any atom is 0.235 e. The quantitative estimate of drug-likeness (QED) is 0.663. The molecule has 0 bridgehead atoms. The van der Waals surface area contributed by atoms with Crippen LogP contribution in [0.2, 0.25) is 10.0 Å². The summed E-state index contributed by atoms with van der Waals surface area (Å²) in [5, 5.41) is 4.01. The number of anilines is 4. The predicted octanol–water partition coefficient (Wildman–Crippen LogP) is 4.41. The maximum absolute atomic E-state index is 13.1. The van der Waals surface area contributed by atoms with Gasteiger partial charge in [-0.2, -0.15) is 9.97 Å². The second kappa shape index (κ2) is 7.30. The highest BCUT2D eigenvalue weighted by Crippen LogP contribution is 2.41. The lowest BCUT2D eigenvalue weighted by atomic mass is 9.88. The average molecular weight is 414 g/mol. The molecule has 0 aliphatic carbocycles. The maximum atomic E-state index is 13.1. The van der Waals surface area contributed by atoms with Gasteiger partial charge in [-0.25, -0.2) is 0 Å². The van der Waals surface area contributed by atoms with Gasteiger partial charge >= 0.3 is 0 Å². The van der Waals surface area contributed by atoms with E-state index >= 15 is 0 Å². The van der Waals surface area contributed by atoms with Gasteiger partial charge in [-0.05, 0) is 30.7 Å². The number of carbonyl (C=O) groups is 1. The van der Waals surface area contributed by atoms with E-state index in [0.29, 0.717) is 45.2 Å². The van der Waals surface area contributed by atoms with Crippen molar-refractivity contribution in [2.45, 2.75) is 12.3 Å². The Balaban J connectivity index is 1.74. The van der Waals surface area contributed by atoms with Crippen molar-refractivity contribution in [3.05, 3.63) is 69.7 Å². The number of benzene rings is 2. The van der Waals surface area contributed by atoms with Gasteiger partial charge in [-0.3, -0.25) is 9.69 Å². The second-order valence-electron chi connectivity index (χ2n) is 6.51. The van der Waals surface area contributed by atoms with E-state index in [2.05, 4.69) is 15.3 Å². The third-order valence-corrected chi connectivity index (χ3v) is 5.41. The number of nitrogen functional groups attached to an aromatic ring is 1. The van der Waals surface area contributed by atoms with Crippen LogP contribution in [0.1, 0.15) is 17.0 Å². The van der Waals surface area contributed by atoms with E-state index in [1.54, 1.807) is 25.2 Å². The molecule has 2 aromatic carbocycles. The number of hydrogen-bond acceptors (Lipinski definition) is 5. The monoisotopic (exact) mass is 413 g/mol. The molecule has 28 heavy (non-hydrogen) atoms. The van der Waals surface area contributed by atoms with Crippen molar-refractivity contribution in [1.29, 1.82) is 0 Å². The van der Waals surface area contributed by atoms with Gasteiger partial charge in [0.05, 0.1) is 5.92 Å². The summed E-state index contributed by atoms with van der Waals surface area (Å²) < 4.78 is 0. The number of carbonyl (C=O) groups excluding carboxylic acids is 1. The van der Waals surface area contributed by atoms with E-state index in [1.807, 2.05) is 30.3 Å². The Morgan fingerprint density at radius 3 is 2.43 bits per heavy atom. The van der Waals surface area contributed by atoms with Gasteiger partial charge in [0.2, 0.25) is 11.9 Å². The van der Waals surface area contributed by atoms with E-state index in [1.165, 1.54) is 4.90 Å². The molecule has 2 heterocycles. The van der Waals surface area contributed by atoms with Gasteiger partial charge in [0, 0.05) is 33.9 Å². The van der Waals surface area contributed by atoms with Crippen molar-refractivity contribution >= 4 is 52.4 Å². The number of likely N-dealkylation sites (N-methyl/N-ethyl adjacent to an activating group) is 1. The fraction of sp³-hybridized carbons (Fsp3) is 0.150. The van der Waals surface area contributed by atoms with Crippen LogP contribution in [0, 0.1) is 0 Å². The fourth-order valence-electron chi connectivity index (χ4n) is 3.37. The topological polar surface area (TPSA) is 84.1 Å². The number of nitrogens with one attached hydrogen (secondary N) is 1. The van der Waals surface area contributed by atoms with Crippen LogP contribution in [0.3, 0.4) is 0 Å². The lowest BCUT2D eigenvalue weighted by Crippen LogP contribution is -2.39. The molecule has 142 valence electrons. The van der Waals surface area contributed by atoms with Crippen molar-refractivity contribution in [2.24, 2.45) is 0 Å². The van der Waals surface area contributed by atoms with Crippen molar-refractivity contribution in [2.75, 3.05) is 23.0 Å². The Morgan fingerprint density at radius 2 is 1.75 bits per heavy atom. The molecule has 3 N–H and O–H groups in total. The smallest absolute Gasteiger partial charge is 0.235 e. The zero-order valence-corrected chi connectivity index (χ0v) is 16.5. The van der Waals surface area contributed by atoms with Crippen molar-refractivity contribution in [3.8, 4) is 0 Å². The van der Waals surface area contributed by atoms with Crippen LogP contribution in [-0.2, 0) is 11.2 Å². The average Bonchev–Trinajstić information content (AvgIpc) is 2.67. The molecule has 8 heteroatoms. The summed E-state index contributed by atoms with van der Waals surface area (Å²) in [5.74, 6) is 0.437. The molecule has 1 unspecified atom stereocenters. The summed E-state index contributed by atoms with van der Waals surface area (Å²) in [6, 6.07) is 14.7. The lowest BCUT2D eigenvalue weighted by molar-refractivity contribution is -0.120. The molecule has 1 amide bonds. The molecule has 1 atom stereocenters. The molecule has 3 aromatic rings. The number of amides is 1. The highest BCUT2D eigenvalue weighted by Gasteiger charge is 2.37. The standard InChI is InChI=1S/C20H17Cl2N5O/c1-27-18-13(10-12(19(27)28)16-14(21)8-5-9-15(16)22)17(23)25-20(26-18)24-11-6-3-2-4-7-11/h2-9,12H,10H2,1H3,(H3,23,24,25,26). The molecule has 0 saturated carbocycles. The van der Waals surface area contributed by atoms with E-state index in [-0.39, 0.29) is 5.91 Å². The van der Waals surface area contributed by atoms with E-state index in [0.717, 1.165) is 5.69 Å². The van der Waals surface area contributed by atoms with E-state index in [9.17, 15) is 4.79 Å². The number of aromatic nitrogens is 2. The zero-order chi connectivity index (χ0) is 19.8. The van der Waals surface area contributed by atoms with Gasteiger partial charge in [0.1, 0.15) is 11.6 Å². The number of halogens is 2. The molecular weight excluding hydrogens is 397 g/mol. The largest absolute Gasteiger partial charge is 0.383 e. The first-order valence-electron chi connectivity index (χ1n) is 8.65. The van der Waals surface area contributed by atoms with E-state index < -0.39 is 5.92 Å². The highest BCUT2D eigenvalue weighted by molar-refractivity contribution is 6.36. The SMILES string of the molecule is CN1C(=O)C(c2c(Cl)cccc2Cl)Cc2c(N)nc(Nc3ccccc3)nc21. The number of fused-ring (bicyclic) bond motifs is 1. The molecule has 1 aliphatic heterocycles. The Bertz CT molecular complexity index is 1040. The first-order chi connectivity index (χ1) is 13.5. The van der Waals surface area contributed by atoms with Gasteiger partial charge in [0.15, 0.2) is 0 Å². The molecule has 4 rings (SSSR count). The third kappa shape index (κ3) is 3.25. The van der Waals surface area contributed by atoms with E-state index in [4.69, 9.17) is 28.9 Å². The molecule has 1 aliphatic rings. The van der Waals surface area contributed by atoms with Crippen LogP contribution in [-0.4, -0.2) is 22.9 Å². The minimum Gasteiger partial charge on any atom is -0.383 e. The Hall–Kier alpha value is -2.83. The van der Waals surface area contributed by atoms with Crippen LogP contribution in [0.25, 0.3) is 0 Å². The fourth-order valence-corrected chi connectivity index (χ4v) is 4.03. The number of nitrogens with zero attached hydrogens (tertiary/aromatic N) is 3. The van der Waals surface area contributed by atoms with Crippen molar-refractivity contribution in [1.82, 2.24) is 9.97 Å². The molecule has 0 spiro atoms. The summed E-state index contributed by atoms with van der Waals surface area (Å²) in [5.41, 5.74) is 8.34. The van der Waals surface area contributed by atoms with Crippen LogP contribution >= 0.6 is 23.2 Å². The van der Waals surface area contributed by atoms with Gasteiger partial charge in [0.25, 0.3) is 0 Å². The molecule has 0 saturated heterocycles. The lowest BCUT2D eigenvalue weighted by Gasteiger charge is -2.32. The Labute approximate surface area is 172 Å². The third-order valence-electron chi connectivity index (χ3n) is 4.75. The van der Waals surface area contributed by atoms with Gasteiger partial charge in [-0.1, -0.05) is 47.5 Å². The summed E-state index contributed by atoms with van der Waals surface area (Å²) in [6.07, 6.45) is 0.333. The molecule has 0 radical (unpaired) electrons. The van der Waals surface area contributed by atoms with Crippen LogP contribution < -0.4 is 16.0 Å². The number of hydrogen-bond donors (Lipinski definition) is 2. The normalized spacial score (nSPS) is 16.0. The molecule has 1 aromatic heterocycles. The van der Waals surface area contributed by atoms with Gasteiger partial charge < -0.3 is 11.1 Å². The Kier molecular flexibility index (Phi) is 4.83. The summed E-state index contributed by atoms with van der Waals surface area (Å²) in [4.78, 5) is 23.4. The van der Waals surface area contributed by atoms with Gasteiger partial charge in [-0.15, -0.1) is 0 Å². The molecular formula is C20H17Cl2N5O. The number of nitrogens with two attached hydrogens (primary N) is 1. The van der Waals surface area contributed by atoms with Crippen molar-refractivity contribution in [3.63, 3.8) is 0 Å². The summed E-state index contributed by atoms with van der Waals surface area (Å²) in [7, 11) is 1.66. The van der Waals surface area contributed by atoms with Crippen LogP contribution in [0.5, 0.6) is 0 Å². The number of rotatable bonds is 3. The molecule has 0 fully saturated rings. The molecule has 6 nitrogen and oxygen atoms in total. The van der Waals surface area contributed by atoms with Crippen LogP contribution in [0.4, 0.5) is 23.3 Å². The predicted molar refractivity (Wildman–Crippen MR) is 112 cm³/mol. The first-order valence-corrected chi connectivity index (χ1v) is 9.41.